The molecule has 0 saturated carbocycles. The van der Waals surface area contributed by atoms with E-state index in [4.69, 9.17) is 0 Å². The summed E-state index contributed by atoms with van der Waals surface area (Å²) in [5.74, 6) is 1.82. The van der Waals surface area contributed by atoms with Gasteiger partial charge in [0.2, 0.25) is 5.95 Å². The minimum atomic E-state index is -2.90. The third-order valence-corrected chi connectivity index (χ3v) is 6.41. The van der Waals surface area contributed by atoms with E-state index in [2.05, 4.69) is 44.5 Å². The van der Waals surface area contributed by atoms with E-state index in [0.29, 0.717) is 18.2 Å². The first-order chi connectivity index (χ1) is 11.6. The highest BCUT2D eigenvalue weighted by Gasteiger charge is 2.28. The molecule has 6 nitrogen and oxygen atoms in total. The van der Waals surface area contributed by atoms with Gasteiger partial charge in [-0.2, -0.15) is 4.98 Å². The quantitative estimate of drug-likeness (QED) is 0.912. The number of hydrogen-bond acceptors (Lipinski definition) is 6. The molecule has 0 radical (unpaired) electrons. The number of rotatable bonds is 3. The second-order valence-corrected chi connectivity index (χ2v) is 8.66. The van der Waals surface area contributed by atoms with Gasteiger partial charge in [-0.05, 0) is 30.0 Å². The summed E-state index contributed by atoms with van der Waals surface area (Å²) in [6.45, 7) is 1.69. The zero-order chi connectivity index (χ0) is 16.6. The number of benzene rings is 1. The monoisotopic (exact) mass is 344 g/mol. The summed E-state index contributed by atoms with van der Waals surface area (Å²) in [5.41, 5.74) is 2.70. The van der Waals surface area contributed by atoms with Crippen LogP contribution >= 0.6 is 0 Å². The molecule has 2 aliphatic rings. The summed E-state index contributed by atoms with van der Waals surface area (Å²) < 4.78 is 23.2. The van der Waals surface area contributed by atoms with E-state index < -0.39 is 9.84 Å². The Bertz CT molecular complexity index is 853. The van der Waals surface area contributed by atoms with Crippen molar-refractivity contribution in [2.24, 2.45) is 0 Å². The third kappa shape index (κ3) is 3.21. The van der Waals surface area contributed by atoms with Crippen LogP contribution in [0.15, 0.2) is 36.5 Å². The van der Waals surface area contributed by atoms with Crippen LogP contribution < -0.4 is 10.2 Å². The Balaban J connectivity index is 1.49. The van der Waals surface area contributed by atoms with Crippen LogP contribution in [0.3, 0.4) is 0 Å². The van der Waals surface area contributed by atoms with Gasteiger partial charge in [0, 0.05) is 25.3 Å². The van der Waals surface area contributed by atoms with Gasteiger partial charge in [-0.25, -0.2) is 13.4 Å². The van der Waals surface area contributed by atoms with Crippen LogP contribution in [0.4, 0.5) is 11.8 Å². The Morgan fingerprint density at radius 1 is 1.17 bits per heavy atom. The van der Waals surface area contributed by atoms with Crippen molar-refractivity contribution >= 4 is 21.6 Å². The molecule has 24 heavy (non-hydrogen) atoms. The van der Waals surface area contributed by atoms with E-state index in [1.165, 1.54) is 11.1 Å². The number of aromatic nitrogens is 2. The zero-order valence-electron chi connectivity index (χ0n) is 13.4. The van der Waals surface area contributed by atoms with Crippen LogP contribution in [0.25, 0.3) is 0 Å². The molecule has 1 aromatic heterocycles. The fraction of sp³-hybridized carbons (Fsp3) is 0.412. The van der Waals surface area contributed by atoms with Crippen molar-refractivity contribution in [3.63, 3.8) is 0 Å². The second kappa shape index (κ2) is 6.05. The summed E-state index contributed by atoms with van der Waals surface area (Å²) in [7, 11) is -2.90. The lowest BCUT2D eigenvalue weighted by atomic mass is 10.0. The van der Waals surface area contributed by atoms with E-state index in [1.807, 2.05) is 0 Å². The lowest BCUT2D eigenvalue weighted by Crippen LogP contribution is -2.32. The van der Waals surface area contributed by atoms with Crippen molar-refractivity contribution in [3.05, 3.63) is 47.7 Å². The highest BCUT2D eigenvalue weighted by atomic mass is 32.2. The summed E-state index contributed by atoms with van der Waals surface area (Å²) in [4.78, 5) is 11.2. The summed E-state index contributed by atoms with van der Waals surface area (Å²) >= 11 is 0. The average Bonchev–Trinajstić information content (AvgIpc) is 2.93. The molecule has 126 valence electrons. The van der Waals surface area contributed by atoms with Gasteiger partial charge >= 0.3 is 0 Å². The van der Waals surface area contributed by atoms with E-state index in [-0.39, 0.29) is 17.5 Å². The first-order valence-electron chi connectivity index (χ1n) is 8.21. The number of anilines is 2. The maximum atomic E-state index is 11.6. The normalized spacial score (nSPS) is 22.2. The summed E-state index contributed by atoms with van der Waals surface area (Å²) in [5, 5.41) is 3.24. The molecule has 1 fully saturated rings. The molecule has 3 heterocycles. The van der Waals surface area contributed by atoms with E-state index >= 15 is 0 Å². The molecule has 1 saturated heterocycles. The summed E-state index contributed by atoms with van der Waals surface area (Å²) in [6, 6.07) is 10.2. The molecule has 0 amide bonds. The Hall–Kier alpha value is -2.15. The standard InChI is InChI=1S/C17H20N4O2S/c22-24(23)10-7-15(12-24)19-16-5-8-18-17(20-16)21-9-6-13-3-1-2-4-14(13)11-21/h1-5,8,15H,6-7,9-12H2,(H,18,19,20). The first kappa shape index (κ1) is 15.4. The van der Waals surface area contributed by atoms with Gasteiger partial charge in [-0.15, -0.1) is 0 Å². The molecule has 1 atom stereocenters. The van der Waals surface area contributed by atoms with E-state index in [0.717, 1.165) is 19.5 Å². The SMILES string of the molecule is O=S1(=O)CCC(Nc2ccnc(N3CCc4ccccc4C3)n2)C1. The second-order valence-electron chi connectivity index (χ2n) is 6.43. The van der Waals surface area contributed by atoms with Crippen molar-refractivity contribution < 1.29 is 8.42 Å². The predicted octanol–water partition coefficient (Wildman–Crippen LogP) is 1.64. The largest absolute Gasteiger partial charge is 0.366 e. The topological polar surface area (TPSA) is 75.2 Å². The molecular formula is C17H20N4O2S. The Morgan fingerprint density at radius 2 is 2.00 bits per heavy atom. The molecule has 4 rings (SSSR count). The van der Waals surface area contributed by atoms with Crippen LogP contribution in [-0.2, 0) is 22.8 Å². The fourth-order valence-corrected chi connectivity index (χ4v) is 5.04. The van der Waals surface area contributed by atoms with Gasteiger partial charge in [0.25, 0.3) is 0 Å². The predicted molar refractivity (Wildman–Crippen MR) is 93.9 cm³/mol. The van der Waals surface area contributed by atoms with Gasteiger partial charge in [0.05, 0.1) is 11.5 Å². The lowest BCUT2D eigenvalue weighted by Gasteiger charge is -2.29. The van der Waals surface area contributed by atoms with Crippen LogP contribution in [0.2, 0.25) is 0 Å². The molecule has 7 heteroatoms. The maximum absolute atomic E-state index is 11.6. The van der Waals surface area contributed by atoms with Crippen LogP contribution in [-0.4, -0.2) is 42.5 Å². The molecule has 1 unspecified atom stereocenters. The third-order valence-electron chi connectivity index (χ3n) is 4.64. The Morgan fingerprint density at radius 3 is 2.79 bits per heavy atom. The van der Waals surface area contributed by atoms with Crippen LogP contribution in [0.1, 0.15) is 17.5 Å². The number of hydrogen-bond donors (Lipinski definition) is 1. The smallest absolute Gasteiger partial charge is 0.227 e. The van der Waals surface area contributed by atoms with Crippen molar-refractivity contribution in [1.82, 2.24) is 9.97 Å². The van der Waals surface area contributed by atoms with Gasteiger partial charge in [0.1, 0.15) is 5.82 Å². The lowest BCUT2D eigenvalue weighted by molar-refractivity contribution is 0.602. The minimum Gasteiger partial charge on any atom is -0.366 e. The first-order valence-corrected chi connectivity index (χ1v) is 10.0. The molecule has 2 aliphatic heterocycles. The highest BCUT2D eigenvalue weighted by molar-refractivity contribution is 7.91. The van der Waals surface area contributed by atoms with Crippen LogP contribution in [0.5, 0.6) is 0 Å². The molecule has 2 aromatic rings. The molecule has 1 N–H and O–H groups in total. The molecule has 1 aromatic carbocycles. The van der Waals surface area contributed by atoms with Gasteiger partial charge in [-0.3, -0.25) is 0 Å². The van der Waals surface area contributed by atoms with Gasteiger partial charge in [0.15, 0.2) is 9.84 Å². The van der Waals surface area contributed by atoms with Crippen LogP contribution in [0, 0.1) is 0 Å². The van der Waals surface area contributed by atoms with Gasteiger partial charge < -0.3 is 10.2 Å². The number of nitrogens with one attached hydrogen (secondary N) is 1. The van der Waals surface area contributed by atoms with E-state index in [9.17, 15) is 8.42 Å². The Kier molecular flexibility index (Phi) is 3.88. The van der Waals surface area contributed by atoms with Crippen molar-refractivity contribution in [1.29, 1.82) is 0 Å². The van der Waals surface area contributed by atoms with Crippen molar-refractivity contribution in [2.45, 2.75) is 25.4 Å². The maximum Gasteiger partial charge on any atom is 0.227 e. The Labute approximate surface area is 141 Å². The molecule has 0 spiro atoms. The van der Waals surface area contributed by atoms with Gasteiger partial charge in [-0.1, -0.05) is 24.3 Å². The molecule has 0 bridgehead atoms. The van der Waals surface area contributed by atoms with E-state index in [1.54, 1.807) is 12.3 Å². The number of fused-ring (bicyclic) bond motifs is 1. The number of nitrogens with zero attached hydrogens (tertiary/aromatic N) is 3. The summed E-state index contributed by atoms with van der Waals surface area (Å²) in [6.07, 6.45) is 3.35. The molecule has 0 aliphatic carbocycles. The fourth-order valence-electron chi connectivity index (χ4n) is 3.37. The minimum absolute atomic E-state index is 0.0557. The number of sulfone groups is 1. The average molecular weight is 344 g/mol. The molecular weight excluding hydrogens is 324 g/mol. The van der Waals surface area contributed by atoms with Crippen molar-refractivity contribution in [3.8, 4) is 0 Å². The highest BCUT2D eigenvalue weighted by Crippen LogP contribution is 2.23. The van der Waals surface area contributed by atoms with Crippen molar-refractivity contribution in [2.75, 3.05) is 28.3 Å². The zero-order valence-corrected chi connectivity index (χ0v) is 14.2.